The van der Waals surface area contributed by atoms with Crippen molar-refractivity contribution in [2.75, 3.05) is 23.7 Å². The van der Waals surface area contributed by atoms with Crippen LogP contribution >= 0.6 is 23.2 Å². The first-order valence-corrected chi connectivity index (χ1v) is 13.0. The van der Waals surface area contributed by atoms with Crippen molar-refractivity contribution in [2.45, 2.75) is 53.9 Å². The van der Waals surface area contributed by atoms with Crippen molar-refractivity contribution < 1.29 is 9.59 Å². The molecule has 0 aliphatic carbocycles. The summed E-state index contributed by atoms with van der Waals surface area (Å²) < 4.78 is 1.63. The van der Waals surface area contributed by atoms with Gasteiger partial charge in [0.15, 0.2) is 0 Å². The number of aromatic nitrogens is 2. The number of urea groups is 1. The van der Waals surface area contributed by atoms with E-state index in [1.807, 2.05) is 72.7 Å². The maximum atomic E-state index is 13.2. The first-order chi connectivity index (χ1) is 17.2. The van der Waals surface area contributed by atoms with Crippen LogP contribution in [0, 0.1) is 19.8 Å². The smallest absolute Gasteiger partial charge is 0.315 e. The molecule has 0 aliphatic heterocycles. The fraction of sp³-hybridized carbons (Fsp3) is 0.393. The summed E-state index contributed by atoms with van der Waals surface area (Å²) in [6.45, 7) is 14.4. The number of amides is 3. The highest BCUT2D eigenvalue weighted by Gasteiger charge is 2.24. The zero-order valence-corrected chi connectivity index (χ0v) is 24.0. The van der Waals surface area contributed by atoms with E-state index in [0.29, 0.717) is 28.1 Å². The molecule has 0 bridgehead atoms. The van der Waals surface area contributed by atoms with E-state index in [-0.39, 0.29) is 29.8 Å². The lowest BCUT2D eigenvalue weighted by atomic mass is 9.92. The third-order valence-corrected chi connectivity index (χ3v) is 6.46. The molecule has 0 spiro atoms. The Balaban J connectivity index is 1.85. The van der Waals surface area contributed by atoms with Crippen LogP contribution in [0.3, 0.4) is 0 Å². The minimum absolute atomic E-state index is 0.119. The predicted octanol–water partition coefficient (Wildman–Crippen LogP) is 7.22. The molecular formula is C28H35Cl2N5O2. The lowest BCUT2D eigenvalue weighted by Crippen LogP contribution is -2.42. The lowest BCUT2D eigenvalue weighted by Gasteiger charge is -2.25. The van der Waals surface area contributed by atoms with E-state index in [2.05, 4.69) is 10.6 Å². The normalized spacial score (nSPS) is 11.5. The van der Waals surface area contributed by atoms with Crippen molar-refractivity contribution in [1.29, 1.82) is 0 Å². The molecule has 0 aliphatic rings. The third-order valence-electron chi connectivity index (χ3n) is 5.72. The second-order valence-electron chi connectivity index (χ2n) is 10.7. The Morgan fingerprint density at radius 1 is 1.00 bits per heavy atom. The summed E-state index contributed by atoms with van der Waals surface area (Å²) in [5.41, 5.74) is 3.99. The highest BCUT2D eigenvalue weighted by molar-refractivity contribution is 6.42. The summed E-state index contributed by atoms with van der Waals surface area (Å²) in [5.74, 6) is 0.317. The lowest BCUT2D eigenvalue weighted by molar-refractivity contribution is -0.116. The van der Waals surface area contributed by atoms with Gasteiger partial charge in [0.25, 0.3) is 0 Å². The first-order valence-electron chi connectivity index (χ1n) is 12.2. The van der Waals surface area contributed by atoms with Gasteiger partial charge >= 0.3 is 6.03 Å². The van der Waals surface area contributed by atoms with Crippen LogP contribution < -0.4 is 10.6 Å². The van der Waals surface area contributed by atoms with Crippen LogP contribution in [0.15, 0.2) is 42.5 Å². The van der Waals surface area contributed by atoms with Crippen molar-refractivity contribution in [3.63, 3.8) is 0 Å². The van der Waals surface area contributed by atoms with E-state index >= 15 is 0 Å². The van der Waals surface area contributed by atoms with Gasteiger partial charge in [-0.2, -0.15) is 5.10 Å². The molecule has 0 radical (unpaired) electrons. The Bertz CT molecular complexity index is 1290. The Kier molecular flexibility index (Phi) is 8.92. The average Bonchev–Trinajstić information content (AvgIpc) is 3.21. The molecule has 0 saturated heterocycles. The van der Waals surface area contributed by atoms with Gasteiger partial charge in [0.05, 0.1) is 21.4 Å². The van der Waals surface area contributed by atoms with E-state index in [1.54, 1.807) is 22.9 Å². The number of halogens is 2. The fourth-order valence-electron chi connectivity index (χ4n) is 3.81. The highest BCUT2D eigenvalue weighted by Crippen LogP contribution is 2.29. The molecule has 1 heterocycles. The Morgan fingerprint density at radius 3 is 2.30 bits per heavy atom. The first kappa shape index (κ1) is 28.5. The SMILES string of the molecule is Cc1ccc(NC(=O)N(CC(=O)Nc2cc(C(C)(C)C)nn2-c2ccc(Cl)c(Cl)c2)CC(C)C)c(C)c1. The fourth-order valence-corrected chi connectivity index (χ4v) is 4.11. The Labute approximate surface area is 229 Å². The number of benzene rings is 2. The molecule has 0 unspecified atom stereocenters. The largest absolute Gasteiger partial charge is 0.322 e. The number of aryl methyl sites for hydroxylation is 2. The number of carbonyl (C=O) groups excluding carboxylic acids is 2. The van der Waals surface area contributed by atoms with Crippen LogP contribution in [-0.4, -0.2) is 39.7 Å². The average molecular weight is 545 g/mol. The van der Waals surface area contributed by atoms with Gasteiger partial charge < -0.3 is 15.5 Å². The van der Waals surface area contributed by atoms with E-state index in [9.17, 15) is 9.59 Å². The predicted molar refractivity (Wildman–Crippen MR) is 152 cm³/mol. The second-order valence-corrected chi connectivity index (χ2v) is 11.6. The Hall–Kier alpha value is -3.03. The summed E-state index contributed by atoms with van der Waals surface area (Å²) >= 11 is 12.3. The number of nitrogens with zero attached hydrogens (tertiary/aromatic N) is 3. The van der Waals surface area contributed by atoms with Gasteiger partial charge in [-0.15, -0.1) is 0 Å². The summed E-state index contributed by atoms with van der Waals surface area (Å²) in [6, 6.07) is 12.5. The number of carbonyl (C=O) groups is 2. The molecule has 1 aromatic heterocycles. The van der Waals surface area contributed by atoms with Crippen molar-refractivity contribution in [1.82, 2.24) is 14.7 Å². The molecular weight excluding hydrogens is 509 g/mol. The Morgan fingerprint density at radius 2 is 1.70 bits per heavy atom. The van der Waals surface area contributed by atoms with Gasteiger partial charge in [-0.05, 0) is 49.6 Å². The van der Waals surface area contributed by atoms with Crippen LogP contribution in [0.25, 0.3) is 5.69 Å². The topological polar surface area (TPSA) is 79.3 Å². The number of hydrogen-bond donors (Lipinski definition) is 2. The molecule has 0 saturated carbocycles. The van der Waals surface area contributed by atoms with Gasteiger partial charge in [0, 0.05) is 23.7 Å². The van der Waals surface area contributed by atoms with Crippen molar-refractivity contribution in [3.8, 4) is 5.69 Å². The molecule has 3 amide bonds. The van der Waals surface area contributed by atoms with Gasteiger partial charge in [-0.3, -0.25) is 4.79 Å². The van der Waals surface area contributed by atoms with E-state index < -0.39 is 0 Å². The zero-order valence-electron chi connectivity index (χ0n) is 22.4. The minimum atomic E-state index is -0.335. The molecule has 0 atom stereocenters. The van der Waals surface area contributed by atoms with Gasteiger partial charge in [0.1, 0.15) is 12.4 Å². The number of anilines is 2. The molecule has 198 valence electrons. The number of hydrogen-bond acceptors (Lipinski definition) is 3. The van der Waals surface area contributed by atoms with Crippen LogP contribution in [0.5, 0.6) is 0 Å². The minimum Gasteiger partial charge on any atom is -0.315 e. The van der Waals surface area contributed by atoms with Crippen molar-refractivity contribution in [2.24, 2.45) is 5.92 Å². The number of nitrogens with one attached hydrogen (secondary N) is 2. The van der Waals surface area contributed by atoms with Gasteiger partial charge in [-0.25, -0.2) is 9.48 Å². The third kappa shape index (κ3) is 7.49. The van der Waals surface area contributed by atoms with Crippen molar-refractivity contribution in [3.05, 3.63) is 69.3 Å². The van der Waals surface area contributed by atoms with E-state index in [0.717, 1.165) is 22.5 Å². The molecule has 7 nitrogen and oxygen atoms in total. The molecule has 2 N–H and O–H groups in total. The monoisotopic (exact) mass is 543 g/mol. The second kappa shape index (κ2) is 11.6. The molecule has 0 fully saturated rings. The molecule has 9 heteroatoms. The maximum Gasteiger partial charge on any atom is 0.322 e. The van der Waals surface area contributed by atoms with Gasteiger partial charge in [0.2, 0.25) is 5.91 Å². The summed E-state index contributed by atoms with van der Waals surface area (Å²) in [4.78, 5) is 27.9. The number of rotatable bonds is 7. The summed E-state index contributed by atoms with van der Waals surface area (Å²) in [6.07, 6.45) is 0. The summed E-state index contributed by atoms with van der Waals surface area (Å²) in [5, 5.41) is 11.4. The zero-order chi connectivity index (χ0) is 27.5. The highest BCUT2D eigenvalue weighted by atomic mass is 35.5. The maximum absolute atomic E-state index is 13.2. The van der Waals surface area contributed by atoms with Gasteiger partial charge in [-0.1, -0.05) is 75.5 Å². The molecule has 3 rings (SSSR count). The van der Waals surface area contributed by atoms with E-state index in [4.69, 9.17) is 28.3 Å². The standard InChI is InChI=1S/C28H35Cl2N5O2/c1-17(2)15-34(27(37)31-23-11-8-18(3)12-19(23)4)16-26(36)32-25-14-24(28(5,6)7)33-35(25)20-9-10-21(29)22(30)13-20/h8-14,17H,15-16H2,1-7H3,(H,31,37)(H,32,36). The molecule has 3 aromatic rings. The summed E-state index contributed by atoms with van der Waals surface area (Å²) in [7, 11) is 0. The quantitative estimate of drug-likeness (QED) is 0.330. The van der Waals surface area contributed by atoms with Crippen LogP contribution in [0.2, 0.25) is 10.0 Å². The van der Waals surface area contributed by atoms with Crippen molar-refractivity contribution >= 4 is 46.6 Å². The molecule has 37 heavy (non-hydrogen) atoms. The molecule has 2 aromatic carbocycles. The van der Waals surface area contributed by atoms with E-state index in [1.165, 1.54) is 4.90 Å². The van der Waals surface area contributed by atoms with Crippen LogP contribution in [0.1, 0.15) is 51.4 Å². The van der Waals surface area contributed by atoms with Crippen LogP contribution in [0.4, 0.5) is 16.3 Å². The van der Waals surface area contributed by atoms with Crippen LogP contribution in [-0.2, 0) is 10.2 Å².